The molecule has 0 aromatic rings. The molecule has 0 bridgehead atoms. The Hall–Kier alpha value is -1.30. The Labute approximate surface area is 115 Å². The van der Waals surface area contributed by atoms with Gasteiger partial charge in [0.2, 0.25) is 0 Å². The number of nitrogens with one attached hydrogen (secondary N) is 2. The molecule has 3 N–H and O–H groups in total. The summed E-state index contributed by atoms with van der Waals surface area (Å²) in [4.78, 5) is 23.8. The zero-order chi connectivity index (χ0) is 14.7. The predicted molar refractivity (Wildman–Crippen MR) is 75.3 cm³/mol. The van der Waals surface area contributed by atoms with E-state index in [0.29, 0.717) is 25.6 Å². The molecule has 0 aromatic heterocycles. The lowest BCUT2D eigenvalue weighted by Crippen LogP contribution is -2.41. The van der Waals surface area contributed by atoms with Crippen LogP contribution in [-0.4, -0.2) is 54.7 Å². The highest BCUT2D eigenvalue weighted by Gasteiger charge is 2.04. The molecule has 0 aliphatic heterocycles. The number of hydrogen-bond donors (Lipinski definition) is 3. The summed E-state index contributed by atoms with van der Waals surface area (Å²) >= 11 is 0. The smallest absolute Gasteiger partial charge is 0.314 e. The highest BCUT2D eigenvalue weighted by molar-refractivity contribution is 5.73. The summed E-state index contributed by atoms with van der Waals surface area (Å²) in [5, 5.41) is 14.0. The normalized spacial score (nSPS) is 10.8. The van der Waals surface area contributed by atoms with Gasteiger partial charge in [0.1, 0.15) is 0 Å². The number of hydrogen-bond acceptors (Lipinski definition) is 3. The van der Waals surface area contributed by atoms with Gasteiger partial charge in [-0.1, -0.05) is 6.42 Å². The fourth-order valence-corrected chi connectivity index (χ4v) is 1.45. The minimum Gasteiger partial charge on any atom is -0.481 e. The molecule has 112 valence electrons. The van der Waals surface area contributed by atoms with Gasteiger partial charge in [-0.2, -0.15) is 0 Å². The summed E-state index contributed by atoms with van der Waals surface area (Å²) in [6.45, 7) is 6.25. The Morgan fingerprint density at radius 3 is 2.32 bits per heavy atom. The van der Waals surface area contributed by atoms with E-state index in [-0.39, 0.29) is 12.5 Å². The Morgan fingerprint density at radius 1 is 1.11 bits per heavy atom. The average molecular weight is 273 g/mol. The third kappa shape index (κ3) is 11.5. The van der Waals surface area contributed by atoms with Crippen LogP contribution < -0.4 is 10.6 Å². The molecule has 0 heterocycles. The van der Waals surface area contributed by atoms with Crippen LogP contribution in [0.2, 0.25) is 0 Å². The summed E-state index contributed by atoms with van der Waals surface area (Å²) < 4.78 is 0. The minimum atomic E-state index is -0.764. The van der Waals surface area contributed by atoms with E-state index in [1.807, 2.05) is 7.05 Å². The summed E-state index contributed by atoms with van der Waals surface area (Å²) in [5.74, 6) is -0.764. The first-order chi connectivity index (χ1) is 8.93. The fourth-order valence-electron chi connectivity index (χ4n) is 1.45. The van der Waals surface area contributed by atoms with Crippen LogP contribution in [0.15, 0.2) is 0 Å². The van der Waals surface area contributed by atoms with E-state index in [0.717, 1.165) is 19.4 Å². The summed E-state index contributed by atoms with van der Waals surface area (Å²) in [5.41, 5.74) is 0. The molecule has 0 fully saturated rings. The quantitative estimate of drug-likeness (QED) is 0.524. The van der Waals surface area contributed by atoms with Crippen molar-refractivity contribution in [3.8, 4) is 0 Å². The van der Waals surface area contributed by atoms with Crippen LogP contribution in [0.4, 0.5) is 4.79 Å². The molecule has 0 saturated heterocycles. The van der Waals surface area contributed by atoms with E-state index >= 15 is 0 Å². The van der Waals surface area contributed by atoms with Gasteiger partial charge in [0.15, 0.2) is 0 Å². The van der Waals surface area contributed by atoms with Crippen molar-refractivity contribution in [2.75, 3.05) is 26.7 Å². The largest absolute Gasteiger partial charge is 0.481 e. The van der Waals surface area contributed by atoms with Gasteiger partial charge in [-0.15, -0.1) is 0 Å². The second-order valence-electron chi connectivity index (χ2n) is 4.96. The van der Waals surface area contributed by atoms with Gasteiger partial charge in [-0.25, -0.2) is 4.79 Å². The summed E-state index contributed by atoms with van der Waals surface area (Å²) in [7, 11) is 2.02. The summed E-state index contributed by atoms with van der Waals surface area (Å²) in [6.07, 6.45) is 2.50. The molecule has 0 aliphatic rings. The molecule has 6 nitrogen and oxygen atoms in total. The van der Waals surface area contributed by atoms with Crippen molar-refractivity contribution in [3.05, 3.63) is 0 Å². The zero-order valence-corrected chi connectivity index (χ0v) is 12.2. The number of aliphatic carboxylic acids is 1. The Morgan fingerprint density at radius 2 is 1.74 bits per heavy atom. The van der Waals surface area contributed by atoms with Gasteiger partial charge in [-0.3, -0.25) is 4.79 Å². The molecule has 2 amide bonds. The van der Waals surface area contributed by atoms with Gasteiger partial charge in [0.25, 0.3) is 0 Å². The molecule has 0 rings (SSSR count). The summed E-state index contributed by atoms with van der Waals surface area (Å²) in [6, 6.07) is 0.314. The van der Waals surface area contributed by atoms with Crippen LogP contribution >= 0.6 is 0 Å². The number of unbranched alkanes of at least 4 members (excludes halogenated alkanes) is 2. The first kappa shape index (κ1) is 17.7. The van der Waals surface area contributed by atoms with Crippen molar-refractivity contribution in [1.29, 1.82) is 0 Å². The second-order valence-corrected chi connectivity index (χ2v) is 4.96. The molecule has 0 radical (unpaired) electrons. The lowest BCUT2D eigenvalue weighted by Gasteiger charge is -2.20. The minimum absolute atomic E-state index is 0.157. The van der Waals surface area contributed by atoms with Crippen LogP contribution in [0, 0.1) is 0 Å². The topological polar surface area (TPSA) is 81.7 Å². The Bertz CT molecular complexity index is 270. The highest BCUT2D eigenvalue weighted by atomic mass is 16.4. The molecule has 0 spiro atoms. The molecule has 0 saturated carbocycles. The van der Waals surface area contributed by atoms with E-state index in [2.05, 4.69) is 29.4 Å². The maximum atomic E-state index is 11.4. The number of carbonyl (C=O) groups excluding carboxylic acids is 1. The van der Waals surface area contributed by atoms with Crippen LogP contribution in [0.5, 0.6) is 0 Å². The van der Waals surface area contributed by atoms with Crippen LogP contribution in [0.25, 0.3) is 0 Å². The van der Waals surface area contributed by atoms with E-state index < -0.39 is 5.97 Å². The SMILES string of the molecule is CC(C)N(C)CCNC(=O)NCCCCCC(=O)O. The monoisotopic (exact) mass is 273 g/mol. The Balaban J connectivity index is 3.37. The third-order valence-electron chi connectivity index (χ3n) is 2.98. The van der Waals surface area contributed by atoms with Crippen molar-refractivity contribution < 1.29 is 14.7 Å². The molecule has 0 aromatic carbocycles. The molecular weight excluding hydrogens is 246 g/mol. The molecular formula is C13H27N3O3. The van der Waals surface area contributed by atoms with E-state index in [4.69, 9.17) is 5.11 Å². The zero-order valence-electron chi connectivity index (χ0n) is 12.2. The van der Waals surface area contributed by atoms with Crippen molar-refractivity contribution in [2.45, 2.75) is 45.6 Å². The lowest BCUT2D eigenvalue weighted by molar-refractivity contribution is -0.137. The number of likely N-dealkylation sites (N-methyl/N-ethyl adjacent to an activating group) is 1. The number of amides is 2. The van der Waals surface area contributed by atoms with E-state index in [1.54, 1.807) is 0 Å². The maximum Gasteiger partial charge on any atom is 0.314 e. The average Bonchev–Trinajstić information content (AvgIpc) is 2.32. The van der Waals surface area contributed by atoms with Gasteiger partial charge in [0, 0.05) is 32.1 Å². The predicted octanol–water partition coefficient (Wildman–Crippen LogP) is 1.27. The van der Waals surface area contributed by atoms with Crippen LogP contribution in [-0.2, 0) is 4.79 Å². The van der Waals surface area contributed by atoms with E-state index in [1.165, 1.54) is 0 Å². The molecule has 0 atom stereocenters. The fraction of sp³-hybridized carbons (Fsp3) is 0.846. The number of rotatable bonds is 10. The number of carbonyl (C=O) groups is 2. The van der Waals surface area contributed by atoms with Gasteiger partial charge >= 0.3 is 12.0 Å². The molecule has 0 unspecified atom stereocenters. The molecule has 19 heavy (non-hydrogen) atoms. The lowest BCUT2D eigenvalue weighted by atomic mass is 10.2. The highest BCUT2D eigenvalue weighted by Crippen LogP contribution is 1.98. The standard InChI is InChI=1S/C13H27N3O3/c1-11(2)16(3)10-9-15-13(19)14-8-6-4-5-7-12(17)18/h11H,4-10H2,1-3H3,(H,17,18)(H2,14,15,19). The third-order valence-corrected chi connectivity index (χ3v) is 2.98. The maximum absolute atomic E-state index is 11.4. The van der Waals surface area contributed by atoms with Gasteiger partial charge in [0.05, 0.1) is 0 Å². The van der Waals surface area contributed by atoms with Crippen molar-refractivity contribution in [1.82, 2.24) is 15.5 Å². The van der Waals surface area contributed by atoms with Gasteiger partial charge in [-0.05, 0) is 33.7 Å². The first-order valence-corrected chi connectivity index (χ1v) is 6.87. The van der Waals surface area contributed by atoms with Gasteiger partial charge < -0.3 is 20.6 Å². The Kier molecular flexibility index (Phi) is 9.88. The molecule has 6 heteroatoms. The van der Waals surface area contributed by atoms with Crippen molar-refractivity contribution >= 4 is 12.0 Å². The number of nitrogens with zero attached hydrogens (tertiary/aromatic N) is 1. The number of urea groups is 1. The number of carboxylic acids is 1. The van der Waals surface area contributed by atoms with Crippen molar-refractivity contribution in [2.24, 2.45) is 0 Å². The van der Waals surface area contributed by atoms with Crippen LogP contribution in [0.1, 0.15) is 39.5 Å². The van der Waals surface area contributed by atoms with Crippen molar-refractivity contribution in [3.63, 3.8) is 0 Å². The first-order valence-electron chi connectivity index (χ1n) is 6.87. The van der Waals surface area contributed by atoms with E-state index in [9.17, 15) is 9.59 Å². The molecule has 0 aliphatic carbocycles. The van der Waals surface area contributed by atoms with Crippen LogP contribution in [0.3, 0.4) is 0 Å². The number of carboxylic acid groups (broad SMARTS) is 1. The second kappa shape index (κ2) is 10.6.